The van der Waals surface area contributed by atoms with Crippen LogP contribution in [0.5, 0.6) is 0 Å². The molecule has 1 rings (SSSR count). The Morgan fingerprint density at radius 2 is 2.05 bits per heavy atom. The lowest BCUT2D eigenvalue weighted by Crippen LogP contribution is -2.42. The van der Waals surface area contributed by atoms with E-state index in [-0.39, 0.29) is 18.4 Å². The molecule has 0 heterocycles. The highest BCUT2D eigenvalue weighted by atomic mass is 16.4. The Morgan fingerprint density at radius 3 is 2.60 bits per heavy atom. The van der Waals surface area contributed by atoms with Gasteiger partial charge in [0.05, 0.1) is 13.0 Å². The summed E-state index contributed by atoms with van der Waals surface area (Å²) in [7, 11) is 0. The number of nitrogens with one attached hydrogen (secondary N) is 1. The van der Waals surface area contributed by atoms with Crippen molar-refractivity contribution >= 4 is 11.9 Å². The van der Waals surface area contributed by atoms with Crippen molar-refractivity contribution in [1.29, 1.82) is 0 Å². The van der Waals surface area contributed by atoms with E-state index in [2.05, 4.69) is 12.2 Å². The molecule has 0 aliphatic heterocycles. The van der Waals surface area contributed by atoms with Gasteiger partial charge in [0.1, 0.15) is 0 Å². The molecule has 0 aromatic carbocycles. The van der Waals surface area contributed by atoms with Crippen LogP contribution in [-0.4, -0.2) is 47.1 Å². The van der Waals surface area contributed by atoms with Gasteiger partial charge >= 0.3 is 5.97 Å². The maximum atomic E-state index is 12.0. The molecule has 5 nitrogen and oxygen atoms in total. The molecule has 1 aliphatic carbocycles. The molecule has 0 radical (unpaired) electrons. The minimum absolute atomic E-state index is 0.0197. The normalized spacial score (nSPS) is 16.1. The topological polar surface area (TPSA) is 69.6 Å². The smallest absolute Gasteiger partial charge is 0.304 e. The highest BCUT2D eigenvalue weighted by molar-refractivity contribution is 5.78. The molecule has 5 heteroatoms. The second-order valence-corrected chi connectivity index (χ2v) is 5.81. The zero-order valence-corrected chi connectivity index (χ0v) is 12.7. The second-order valence-electron chi connectivity index (χ2n) is 5.81. The van der Waals surface area contributed by atoms with Crippen molar-refractivity contribution in [3.8, 4) is 0 Å². The first-order chi connectivity index (χ1) is 9.52. The number of rotatable bonds is 11. The summed E-state index contributed by atoms with van der Waals surface area (Å²) in [5, 5.41) is 11.7. The maximum Gasteiger partial charge on any atom is 0.304 e. The first kappa shape index (κ1) is 17.0. The standard InChI is InChI=1S/C15H28N2O3/c1-3-4-5-6-12(2)16-14(18)11-17(13-7-8-13)10-9-15(19)20/h12-13H,3-11H2,1-2H3,(H,16,18)(H,19,20). The minimum atomic E-state index is -0.802. The average molecular weight is 284 g/mol. The van der Waals surface area contributed by atoms with Crippen molar-refractivity contribution in [2.45, 2.75) is 70.9 Å². The highest BCUT2D eigenvalue weighted by Crippen LogP contribution is 2.26. The van der Waals surface area contributed by atoms with Gasteiger partial charge in [0.2, 0.25) is 5.91 Å². The lowest BCUT2D eigenvalue weighted by atomic mass is 10.1. The molecule has 0 aromatic rings. The van der Waals surface area contributed by atoms with Gasteiger partial charge in [-0.2, -0.15) is 0 Å². The molecule has 0 aromatic heterocycles. The molecule has 1 unspecified atom stereocenters. The molecule has 1 saturated carbocycles. The quantitative estimate of drug-likeness (QED) is 0.569. The molecule has 1 amide bonds. The third kappa shape index (κ3) is 7.48. The van der Waals surface area contributed by atoms with E-state index in [0.29, 0.717) is 19.1 Å². The van der Waals surface area contributed by atoms with E-state index in [9.17, 15) is 9.59 Å². The number of carboxylic acids is 1. The first-order valence-corrected chi connectivity index (χ1v) is 7.78. The third-order valence-corrected chi connectivity index (χ3v) is 3.67. The number of carboxylic acid groups (broad SMARTS) is 1. The van der Waals surface area contributed by atoms with Crippen molar-refractivity contribution in [2.24, 2.45) is 0 Å². The van der Waals surface area contributed by atoms with Crippen molar-refractivity contribution in [1.82, 2.24) is 10.2 Å². The van der Waals surface area contributed by atoms with E-state index in [1.165, 1.54) is 12.8 Å². The van der Waals surface area contributed by atoms with Crippen molar-refractivity contribution in [3.05, 3.63) is 0 Å². The van der Waals surface area contributed by atoms with Crippen molar-refractivity contribution < 1.29 is 14.7 Å². The van der Waals surface area contributed by atoms with E-state index in [0.717, 1.165) is 25.7 Å². The molecule has 0 bridgehead atoms. The Morgan fingerprint density at radius 1 is 1.35 bits per heavy atom. The fourth-order valence-corrected chi connectivity index (χ4v) is 2.35. The Hall–Kier alpha value is -1.10. The fraction of sp³-hybridized carbons (Fsp3) is 0.867. The molecule has 0 saturated heterocycles. The summed E-state index contributed by atoms with van der Waals surface area (Å²) >= 11 is 0. The van der Waals surface area contributed by atoms with Gasteiger partial charge in [-0.15, -0.1) is 0 Å². The molecular formula is C15H28N2O3. The third-order valence-electron chi connectivity index (χ3n) is 3.67. The first-order valence-electron chi connectivity index (χ1n) is 7.78. The predicted molar refractivity (Wildman–Crippen MR) is 78.6 cm³/mol. The molecule has 1 aliphatic rings. The number of aliphatic carboxylic acids is 1. The summed E-state index contributed by atoms with van der Waals surface area (Å²) in [4.78, 5) is 24.6. The number of unbranched alkanes of at least 4 members (excludes halogenated alkanes) is 2. The van der Waals surface area contributed by atoms with Crippen molar-refractivity contribution in [3.63, 3.8) is 0 Å². The van der Waals surface area contributed by atoms with Gasteiger partial charge in [-0.25, -0.2) is 0 Å². The van der Waals surface area contributed by atoms with E-state index >= 15 is 0 Å². The average Bonchev–Trinajstić information content (AvgIpc) is 3.18. The lowest BCUT2D eigenvalue weighted by Gasteiger charge is -2.22. The number of nitrogens with zero attached hydrogens (tertiary/aromatic N) is 1. The van der Waals surface area contributed by atoms with Crippen molar-refractivity contribution in [2.75, 3.05) is 13.1 Å². The number of hydrogen-bond donors (Lipinski definition) is 2. The summed E-state index contributed by atoms with van der Waals surface area (Å²) in [6.45, 7) is 5.00. The van der Waals surface area contributed by atoms with Crippen LogP contribution < -0.4 is 5.32 Å². The van der Waals surface area contributed by atoms with Crippen LogP contribution in [0.1, 0.15) is 58.8 Å². The van der Waals surface area contributed by atoms with E-state index in [1.807, 2.05) is 11.8 Å². The number of carbonyl (C=O) groups excluding carboxylic acids is 1. The van der Waals surface area contributed by atoms with Gasteiger partial charge in [0, 0.05) is 18.6 Å². The Bertz CT molecular complexity index is 316. The number of carbonyl (C=O) groups is 2. The highest BCUT2D eigenvalue weighted by Gasteiger charge is 2.30. The molecule has 1 fully saturated rings. The van der Waals surface area contributed by atoms with E-state index in [4.69, 9.17) is 5.11 Å². The zero-order chi connectivity index (χ0) is 15.0. The molecule has 20 heavy (non-hydrogen) atoms. The Labute approximate surface area is 121 Å². The van der Waals surface area contributed by atoms with Crippen LogP contribution in [0.15, 0.2) is 0 Å². The van der Waals surface area contributed by atoms with Gasteiger partial charge in [-0.1, -0.05) is 26.2 Å². The summed E-state index contributed by atoms with van der Waals surface area (Å²) in [5.41, 5.74) is 0. The van der Waals surface area contributed by atoms with Gasteiger partial charge in [-0.05, 0) is 26.2 Å². The monoisotopic (exact) mass is 284 g/mol. The predicted octanol–water partition coefficient (Wildman–Crippen LogP) is 2.01. The van der Waals surface area contributed by atoms with Gasteiger partial charge in [0.25, 0.3) is 0 Å². The molecule has 0 spiro atoms. The van der Waals surface area contributed by atoms with Crippen LogP contribution in [0.4, 0.5) is 0 Å². The Kier molecular flexibility index (Phi) is 7.59. The zero-order valence-electron chi connectivity index (χ0n) is 12.7. The molecule has 1 atom stereocenters. The van der Waals surface area contributed by atoms with Crippen LogP contribution in [0.2, 0.25) is 0 Å². The van der Waals surface area contributed by atoms with E-state index < -0.39 is 5.97 Å². The molecular weight excluding hydrogens is 256 g/mol. The molecule has 2 N–H and O–H groups in total. The SMILES string of the molecule is CCCCCC(C)NC(=O)CN(CCC(=O)O)C1CC1. The summed E-state index contributed by atoms with van der Waals surface area (Å²) in [6.07, 6.45) is 6.81. The summed E-state index contributed by atoms with van der Waals surface area (Å²) in [6, 6.07) is 0.616. The number of hydrogen-bond acceptors (Lipinski definition) is 3. The minimum Gasteiger partial charge on any atom is -0.481 e. The van der Waals surface area contributed by atoms with Crippen LogP contribution in [0, 0.1) is 0 Å². The summed E-state index contributed by atoms with van der Waals surface area (Å²) < 4.78 is 0. The van der Waals surface area contributed by atoms with Gasteiger partial charge < -0.3 is 10.4 Å². The van der Waals surface area contributed by atoms with Crippen LogP contribution in [-0.2, 0) is 9.59 Å². The largest absolute Gasteiger partial charge is 0.481 e. The summed E-state index contributed by atoms with van der Waals surface area (Å²) in [5.74, 6) is -0.782. The molecule has 116 valence electrons. The van der Waals surface area contributed by atoms with Gasteiger partial charge in [-0.3, -0.25) is 14.5 Å². The number of amides is 1. The van der Waals surface area contributed by atoms with Gasteiger partial charge in [0.15, 0.2) is 0 Å². The van der Waals surface area contributed by atoms with Crippen LogP contribution in [0.25, 0.3) is 0 Å². The Balaban J connectivity index is 2.25. The second kappa shape index (κ2) is 8.95. The van der Waals surface area contributed by atoms with E-state index in [1.54, 1.807) is 0 Å². The van der Waals surface area contributed by atoms with Crippen LogP contribution in [0.3, 0.4) is 0 Å². The lowest BCUT2D eigenvalue weighted by molar-refractivity contribution is -0.137. The van der Waals surface area contributed by atoms with Crippen LogP contribution >= 0.6 is 0 Å². The fourth-order valence-electron chi connectivity index (χ4n) is 2.35. The maximum absolute atomic E-state index is 12.0.